The van der Waals surface area contributed by atoms with Gasteiger partial charge in [0.25, 0.3) is 0 Å². The Kier molecular flexibility index (Phi) is 4.01. The van der Waals surface area contributed by atoms with E-state index in [1.54, 1.807) is 0 Å². The van der Waals surface area contributed by atoms with E-state index in [2.05, 4.69) is 27.8 Å². The second-order valence-corrected chi connectivity index (χ2v) is 5.29. The molecule has 0 atom stereocenters. The standard InChI is InChI=1S/C13H22N4O/c1-3-4-10-9-11(17-16-10)15-12(18)13(2)5-7-14-8-6-13/h9,14H,3-8H2,1-2H3,(H2,15,16,17,18). The van der Waals surface area contributed by atoms with Gasteiger partial charge in [-0.05, 0) is 32.4 Å². The molecule has 2 heterocycles. The minimum absolute atomic E-state index is 0.0820. The van der Waals surface area contributed by atoms with Crippen LogP contribution in [-0.2, 0) is 11.2 Å². The van der Waals surface area contributed by atoms with Crippen LogP contribution in [0.15, 0.2) is 6.07 Å². The van der Waals surface area contributed by atoms with E-state index in [4.69, 9.17) is 0 Å². The number of nitrogens with one attached hydrogen (secondary N) is 3. The molecule has 0 unspecified atom stereocenters. The lowest BCUT2D eigenvalue weighted by atomic mass is 9.80. The molecule has 100 valence electrons. The number of rotatable bonds is 4. The second kappa shape index (κ2) is 5.52. The molecule has 1 aromatic rings. The third-order valence-corrected chi connectivity index (χ3v) is 3.65. The van der Waals surface area contributed by atoms with Gasteiger partial charge in [-0.3, -0.25) is 9.89 Å². The Morgan fingerprint density at radius 3 is 2.89 bits per heavy atom. The number of anilines is 1. The Morgan fingerprint density at radius 1 is 1.50 bits per heavy atom. The van der Waals surface area contributed by atoms with Gasteiger partial charge in [0, 0.05) is 17.2 Å². The Balaban J connectivity index is 1.97. The van der Waals surface area contributed by atoms with E-state index in [9.17, 15) is 4.79 Å². The first kappa shape index (κ1) is 13.1. The first-order valence-corrected chi connectivity index (χ1v) is 6.70. The van der Waals surface area contributed by atoms with Crippen LogP contribution in [-0.4, -0.2) is 29.2 Å². The number of amides is 1. The van der Waals surface area contributed by atoms with Crippen molar-refractivity contribution in [2.75, 3.05) is 18.4 Å². The summed E-state index contributed by atoms with van der Waals surface area (Å²) in [4.78, 5) is 12.3. The van der Waals surface area contributed by atoms with Crippen LogP contribution < -0.4 is 10.6 Å². The monoisotopic (exact) mass is 250 g/mol. The van der Waals surface area contributed by atoms with Crippen molar-refractivity contribution < 1.29 is 4.79 Å². The topological polar surface area (TPSA) is 69.8 Å². The zero-order chi connectivity index (χ0) is 13.0. The summed E-state index contributed by atoms with van der Waals surface area (Å²) in [6.07, 6.45) is 3.79. The molecule has 0 bridgehead atoms. The molecule has 2 rings (SSSR count). The summed E-state index contributed by atoms with van der Waals surface area (Å²) in [5.41, 5.74) is 0.804. The fourth-order valence-corrected chi connectivity index (χ4v) is 2.30. The number of piperidine rings is 1. The maximum atomic E-state index is 12.3. The summed E-state index contributed by atoms with van der Waals surface area (Å²) in [6.45, 7) is 5.97. The van der Waals surface area contributed by atoms with E-state index >= 15 is 0 Å². The van der Waals surface area contributed by atoms with Gasteiger partial charge >= 0.3 is 0 Å². The predicted octanol–water partition coefficient (Wildman–Crippen LogP) is 1.69. The largest absolute Gasteiger partial charge is 0.317 e. The highest BCUT2D eigenvalue weighted by Gasteiger charge is 2.34. The zero-order valence-corrected chi connectivity index (χ0v) is 11.2. The number of hydrogen-bond donors (Lipinski definition) is 3. The van der Waals surface area contributed by atoms with Gasteiger partial charge in [-0.2, -0.15) is 5.10 Å². The lowest BCUT2D eigenvalue weighted by Gasteiger charge is -2.32. The highest BCUT2D eigenvalue weighted by Crippen LogP contribution is 2.29. The predicted molar refractivity (Wildman–Crippen MR) is 71.4 cm³/mol. The quantitative estimate of drug-likeness (QED) is 0.761. The minimum atomic E-state index is -0.269. The number of H-pyrrole nitrogens is 1. The summed E-state index contributed by atoms with van der Waals surface area (Å²) < 4.78 is 0. The van der Waals surface area contributed by atoms with E-state index in [1.807, 2.05) is 13.0 Å². The third-order valence-electron chi connectivity index (χ3n) is 3.65. The number of aromatic nitrogens is 2. The first-order valence-electron chi connectivity index (χ1n) is 6.70. The number of aryl methyl sites for hydroxylation is 1. The average Bonchev–Trinajstić information content (AvgIpc) is 2.78. The van der Waals surface area contributed by atoms with Crippen molar-refractivity contribution in [3.8, 4) is 0 Å². The van der Waals surface area contributed by atoms with Crippen LogP contribution in [0.2, 0.25) is 0 Å². The van der Waals surface area contributed by atoms with Crippen molar-refractivity contribution in [3.05, 3.63) is 11.8 Å². The third kappa shape index (κ3) is 2.90. The van der Waals surface area contributed by atoms with E-state index in [-0.39, 0.29) is 11.3 Å². The maximum Gasteiger partial charge on any atom is 0.231 e. The molecular weight excluding hydrogens is 228 g/mol. The smallest absolute Gasteiger partial charge is 0.231 e. The Morgan fingerprint density at radius 2 is 2.22 bits per heavy atom. The van der Waals surface area contributed by atoms with Gasteiger partial charge in [0.2, 0.25) is 5.91 Å². The fraction of sp³-hybridized carbons (Fsp3) is 0.692. The Labute approximate surface area is 108 Å². The van der Waals surface area contributed by atoms with Crippen LogP contribution in [0.25, 0.3) is 0 Å². The molecule has 18 heavy (non-hydrogen) atoms. The molecular formula is C13H22N4O. The zero-order valence-electron chi connectivity index (χ0n) is 11.2. The van der Waals surface area contributed by atoms with E-state index in [0.717, 1.165) is 44.5 Å². The van der Waals surface area contributed by atoms with Crippen molar-refractivity contribution in [2.24, 2.45) is 5.41 Å². The van der Waals surface area contributed by atoms with Crippen LogP contribution in [0.3, 0.4) is 0 Å². The normalized spacial score (nSPS) is 18.6. The van der Waals surface area contributed by atoms with Crippen LogP contribution in [0, 0.1) is 5.41 Å². The molecule has 1 fully saturated rings. The molecule has 0 spiro atoms. The minimum Gasteiger partial charge on any atom is -0.317 e. The number of nitrogens with zero attached hydrogens (tertiary/aromatic N) is 1. The molecule has 5 nitrogen and oxygen atoms in total. The van der Waals surface area contributed by atoms with Gasteiger partial charge in [-0.25, -0.2) is 0 Å². The summed E-state index contributed by atoms with van der Waals surface area (Å²) in [5.74, 6) is 0.724. The summed E-state index contributed by atoms with van der Waals surface area (Å²) in [5, 5.41) is 13.3. The molecule has 5 heteroatoms. The van der Waals surface area contributed by atoms with E-state index < -0.39 is 0 Å². The molecule has 1 amide bonds. The summed E-state index contributed by atoms with van der Waals surface area (Å²) in [6, 6.07) is 1.92. The van der Waals surface area contributed by atoms with E-state index in [1.165, 1.54) is 0 Å². The van der Waals surface area contributed by atoms with Gasteiger partial charge in [0.15, 0.2) is 5.82 Å². The highest BCUT2D eigenvalue weighted by atomic mass is 16.2. The molecule has 0 aromatic carbocycles. The molecule has 3 N–H and O–H groups in total. The lowest BCUT2D eigenvalue weighted by Crippen LogP contribution is -2.42. The molecule has 1 saturated heterocycles. The van der Waals surface area contributed by atoms with Gasteiger partial charge in [0.05, 0.1) is 0 Å². The van der Waals surface area contributed by atoms with Gasteiger partial charge < -0.3 is 10.6 Å². The Hall–Kier alpha value is -1.36. The molecule has 0 saturated carbocycles. The van der Waals surface area contributed by atoms with Crippen molar-refractivity contribution >= 4 is 11.7 Å². The number of carbonyl (C=O) groups is 1. The Bertz CT molecular complexity index is 407. The van der Waals surface area contributed by atoms with Gasteiger partial charge in [0.1, 0.15) is 0 Å². The van der Waals surface area contributed by atoms with E-state index in [0.29, 0.717) is 5.82 Å². The number of aromatic amines is 1. The summed E-state index contributed by atoms with van der Waals surface area (Å²) in [7, 11) is 0. The first-order chi connectivity index (χ1) is 8.64. The van der Waals surface area contributed by atoms with Crippen molar-refractivity contribution in [3.63, 3.8) is 0 Å². The van der Waals surface area contributed by atoms with Crippen molar-refractivity contribution in [1.82, 2.24) is 15.5 Å². The van der Waals surface area contributed by atoms with Crippen molar-refractivity contribution in [2.45, 2.75) is 39.5 Å². The molecule has 1 aliphatic heterocycles. The molecule has 1 aliphatic rings. The van der Waals surface area contributed by atoms with Crippen LogP contribution >= 0.6 is 0 Å². The highest BCUT2D eigenvalue weighted by molar-refractivity contribution is 5.94. The fourth-order valence-electron chi connectivity index (χ4n) is 2.30. The number of carbonyl (C=O) groups excluding carboxylic acids is 1. The second-order valence-electron chi connectivity index (χ2n) is 5.29. The summed E-state index contributed by atoms with van der Waals surface area (Å²) >= 11 is 0. The average molecular weight is 250 g/mol. The van der Waals surface area contributed by atoms with Crippen LogP contribution in [0.1, 0.15) is 38.8 Å². The van der Waals surface area contributed by atoms with Gasteiger partial charge in [-0.1, -0.05) is 20.3 Å². The van der Waals surface area contributed by atoms with Crippen LogP contribution in [0.5, 0.6) is 0 Å². The SMILES string of the molecule is CCCc1cc(NC(=O)C2(C)CCNCC2)n[nH]1. The van der Waals surface area contributed by atoms with Gasteiger partial charge in [-0.15, -0.1) is 0 Å². The molecule has 1 aromatic heterocycles. The lowest BCUT2D eigenvalue weighted by molar-refractivity contribution is -0.126. The molecule has 0 radical (unpaired) electrons. The van der Waals surface area contributed by atoms with Crippen molar-refractivity contribution in [1.29, 1.82) is 0 Å². The molecule has 0 aliphatic carbocycles. The maximum absolute atomic E-state index is 12.3. The van der Waals surface area contributed by atoms with Crippen LogP contribution in [0.4, 0.5) is 5.82 Å². The number of hydrogen-bond acceptors (Lipinski definition) is 3.